The Kier molecular flexibility index (Phi) is 5.53. The second-order valence-electron chi connectivity index (χ2n) is 6.76. The van der Waals surface area contributed by atoms with Crippen LogP contribution in [0.25, 0.3) is 0 Å². The van der Waals surface area contributed by atoms with E-state index in [1.807, 2.05) is 44.2 Å². The molecule has 0 fully saturated rings. The quantitative estimate of drug-likeness (QED) is 0.617. The lowest BCUT2D eigenvalue weighted by molar-refractivity contribution is -0.145. The Labute approximate surface area is 132 Å². The zero-order valence-corrected chi connectivity index (χ0v) is 13.4. The highest BCUT2D eigenvalue weighted by molar-refractivity contribution is 5.83. The Hall–Kier alpha value is -1.90. The topological polar surface area (TPSA) is 43.4 Å². The molecule has 0 radical (unpaired) electrons. The summed E-state index contributed by atoms with van der Waals surface area (Å²) in [6.45, 7) is 4.20. The molecule has 1 aliphatic rings. The number of benzene rings is 1. The lowest BCUT2D eigenvalue weighted by Gasteiger charge is -2.24. The standard InChI is InChI=1S/C19H24O3/c1-19(2)13-17(20)16(12-15-8-4-3-5-9-15)10-6-7-11-22-18(21)14-19/h3-9,16H,10-14H2,1-2H3/b7-6-. The summed E-state index contributed by atoms with van der Waals surface area (Å²) in [5, 5.41) is 0. The van der Waals surface area contributed by atoms with Crippen LogP contribution in [-0.4, -0.2) is 18.4 Å². The fourth-order valence-corrected chi connectivity index (χ4v) is 2.82. The van der Waals surface area contributed by atoms with E-state index in [1.54, 1.807) is 0 Å². The van der Waals surface area contributed by atoms with Crippen molar-refractivity contribution in [1.82, 2.24) is 0 Å². The Morgan fingerprint density at radius 2 is 1.82 bits per heavy atom. The second-order valence-corrected chi connectivity index (χ2v) is 6.76. The molecule has 2 rings (SSSR count). The zero-order valence-electron chi connectivity index (χ0n) is 13.4. The van der Waals surface area contributed by atoms with Gasteiger partial charge in [-0.3, -0.25) is 9.59 Å². The van der Waals surface area contributed by atoms with Crippen LogP contribution in [0.5, 0.6) is 0 Å². The van der Waals surface area contributed by atoms with Crippen LogP contribution in [-0.2, 0) is 20.7 Å². The SMILES string of the molecule is CC1(C)CC(=O)OC/C=C\CC(Cc2ccccc2)C(=O)C1. The minimum atomic E-state index is -0.354. The first-order chi connectivity index (χ1) is 10.5. The molecule has 0 bridgehead atoms. The molecule has 1 aromatic rings. The number of cyclic esters (lactones) is 1. The molecule has 0 saturated carbocycles. The number of carbonyl (C=O) groups is 2. The molecule has 1 aliphatic heterocycles. The minimum absolute atomic E-state index is 0.0360. The molecule has 0 spiro atoms. The number of carbonyl (C=O) groups excluding carboxylic acids is 2. The smallest absolute Gasteiger partial charge is 0.306 e. The van der Waals surface area contributed by atoms with Crippen molar-refractivity contribution < 1.29 is 14.3 Å². The van der Waals surface area contributed by atoms with E-state index in [2.05, 4.69) is 12.1 Å². The van der Waals surface area contributed by atoms with Gasteiger partial charge in [0.1, 0.15) is 12.4 Å². The number of ether oxygens (including phenoxy) is 1. The Morgan fingerprint density at radius 3 is 2.55 bits per heavy atom. The Morgan fingerprint density at radius 1 is 1.09 bits per heavy atom. The molecule has 118 valence electrons. The fourth-order valence-electron chi connectivity index (χ4n) is 2.82. The Bertz CT molecular complexity index is 543. The van der Waals surface area contributed by atoms with Crippen molar-refractivity contribution in [3.63, 3.8) is 0 Å². The van der Waals surface area contributed by atoms with Gasteiger partial charge in [-0.15, -0.1) is 0 Å². The van der Waals surface area contributed by atoms with Crippen molar-refractivity contribution in [1.29, 1.82) is 0 Å². The number of hydrogen-bond acceptors (Lipinski definition) is 3. The largest absolute Gasteiger partial charge is 0.461 e. The van der Waals surface area contributed by atoms with Gasteiger partial charge < -0.3 is 4.74 Å². The van der Waals surface area contributed by atoms with Crippen LogP contribution >= 0.6 is 0 Å². The number of allylic oxidation sites excluding steroid dienone is 1. The van der Waals surface area contributed by atoms with Gasteiger partial charge in [0.25, 0.3) is 0 Å². The van der Waals surface area contributed by atoms with Crippen LogP contribution < -0.4 is 0 Å². The molecule has 1 atom stereocenters. The maximum absolute atomic E-state index is 12.7. The van der Waals surface area contributed by atoms with Gasteiger partial charge in [-0.1, -0.05) is 56.3 Å². The molecule has 0 N–H and O–H groups in total. The number of rotatable bonds is 2. The summed E-state index contributed by atoms with van der Waals surface area (Å²) in [5.74, 6) is -0.0386. The average molecular weight is 300 g/mol. The Balaban J connectivity index is 2.14. The molecule has 1 heterocycles. The predicted molar refractivity (Wildman–Crippen MR) is 86.4 cm³/mol. The third-order valence-corrected chi connectivity index (χ3v) is 3.98. The van der Waals surface area contributed by atoms with Gasteiger partial charge in [0, 0.05) is 12.3 Å². The van der Waals surface area contributed by atoms with Crippen LogP contribution in [0.1, 0.15) is 38.7 Å². The van der Waals surface area contributed by atoms with Gasteiger partial charge in [0.15, 0.2) is 0 Å². The molecule has 3 heteroatoms. The highest BCUT2D eigenvalue weighted by atomic mass is 16.5. The van der Waals surface area contributed by atoms with Gasteiger partial charge in [0.05, 0.1) is 6.42 Å². The van der Waals surface area contributed by atoms with Gasteiger partial charge in [-0.2, -0.15) is 0 Å². The van der Waals surface area contributed by atoms with E-state index in [0.29, 0.717) is 19.4 Å². The summed E-state index contributed by atoms with van der Waals surface area (Å²) < 4.78 is 5.16. The molecule has 0 aliphatic carbocycles. The summed E-state index contributed by atoms with van der Waals surface area (Å²) in [6.07, 6.45) is 5.92. The van der Waals surface area contributed by atoms with Crippen LogP contribution in [0.3, 0.4) is 0 Å². The van der Waals surface area contributed by atoms with Crippen molar-refractivity contribution in [3.05, 3.63) is 48.0 Å². The van der Waals surface area contributed by atoms with Crippen LogP contribution in [0, 0.1) is 11.3 Å². The number of hydrogen-bond donors (Lipinski definition) is 0. The van der Waals surface area contributed by atoms with E-state index < -0.39 is 0 Å². The van der Waals surface area contributed by atoms with Crippen LogP contribution in [0.2, 0.25) is 0 Å². The average Bonchev–Trinajstić information content (AvgIpc) is 2.46. The number of Topliss-reactive ketones (excluding diaryl/α,β-unsaturated/α-hetero) is 1. The van der Waals surface area contributed by atoms with Crippen molar-refractivity contribution in [2.75, 3.05) is 6.61 Å². The summed E-state index contributed by atoms with van der Waals surface area (Å²) in [5.41, 5.74) is 0.822. The van der Waals surface area contributed by atoms with Gasteiger partial charge in [-0.05, 0) is 23.8 Å². The third kappa shape index (κ3) is 5.14. The summed E-state index contributed by atoms with van der Waals surface area (Å²) in [6, 6.07) is 10.1. The van der Waals surface area contributed by atoms with E-state index in [1.165, 1.54) is 5.56 Å². The molecular formula is C19H24O3. The second kappa shape index (κ2) is 7.39. The molecule has 0 aromatic heterocycles. The molecule has 0 saturated heterocycles. The normalized spacial score (nSPS) is 24.2. The fraction of sp³-hybridized carbons (Fsp3) is 0.474. The monoisotopic (exact) mass is 300 g/mol. The highest BCUT2D eigenvalue weighted by Gasteiger charge is 2.29. The van der Waals surface area contributed by atoms with Crippen molar-refractivity contribution >= 4 is 11.8 Å². The summed E-state index contributed by atoms with van der Waals surface area (Å²) in [4.78, 5) is 24.4. The first-order valence-corrected chi connectivity index (χ1v) is 7.83. The minimum Gasteiger partial charge on any atom is -0.461 e. The molecule has 1 unspecified atom stereocenters. The van der Waals surface area contributed by atoms with E-state index in [-0.39, 0.29) is 29.5 Å². The first kappa shape index (κ1) is 16.5. The van der Waals surface area contributed by atoms with E-state index in [0.717, 1.165) is 6.42 Å². The van der Waals surface area contributed by atoms with Crippen molar-refractivity contribution in [2.24, 2.45) is 11.3 Å². The molecular weight excluding hydrogens is 276 g/mol. The van der Waals surface area contributed by atoms with E-state index in [4.69, 9.17) is 4.74 Å². The number of ketones is 1. The molecule has 0 amide bonds. The summed E-state index contributed by atoms with van der Waals surface area (Å²) in [7, 11) is 0. The molecule has 22 heavy (non-hydrogen) atoms. The highest BCUT2D eigenvalue weighted by Crippen LogP contribution is 2.29. The first-order valence-electron chi connectivity index (χ1n) is 7.83. The predicted octanol–water partition coefficient (Wildman–Crippen LogP) is 3.72. The van der Waals surface area contributed by atoms with E-state index >= 15 is 0 Å². The van der Waals surface area contributed by atoms with E-state index in [9.17, 15) is 9.59 Å². The van der Waals surface area contributed by atoms with Gasteiger partial charge in [0.2, 0.25) is 0 Å². The maximum Gasteiger partial charge on any atom is 0.306 e. The van der Waals surface area contributed by atoms with Gasteiger partial charge in [-0.25, -0.2) is 0 Å². The summed E-state index contributed by atoms with van der Waals surface area (Å²) >= 11 is 0. The lowest BCUT2D eigenvalue weighted by atomic mass is 9.79. The van der Waals surface area contributed by atoms with Crippen molar-refractivity contribution in [2.45, 2.75) is 39.5 Å². The molecule has 3 nitrogen and oxygen atoms in total. The van der Waals surface area contributed by atoms with Gasteiger partial charge >= 0.3 is 5.97 Å². The maximum atomic E-state index is 12.7. The molecule has 1 aromatic carbocycles. The lowest BCUT2D eigenvalue weighted by Crippen LogP contribution is -2.26. The van der Waals surface area contributed by atoms with Crippen LogP contribution in [0.4, 0.5) is 0 Å². The third-order valence-electron chi connectivity index (χ3n) is 3.98. The number of esters is 1. The zero-order chi connectivity index (χ0) is 16.0. The van der Waals surface area contributed by atoms with Crippen molar-refractivity contribution in [3.8, 4) is 0 Å². The van der Waals surface area contributed by atoms with Crippen LogP contribution in [0.15, 0.2) is 42.5 Å².